The summed E-state index contributed by atoms with van der Waals surface area (Å²) in [6.07, 6.45) is 3.76. The van der Waals surface area contributed by atoms with Crippen LogP contribution in [-0.2, 0) is 36.6 Å². The number of carbonyl (C=O) groups excluding carboxylic acids is 1. The van der Waals surface area contributed by atoms with E-state index < -0.39 is 24.0 Å². The van der Waals surface area contributed by atoms with Gasteiger partial charge in [-0.1, -0.05) is 91.0 Å². The van der Waals surface area contributed by atoms with Crippen LogP contribution in [0.5, 0.6) is 0 Å². The fourth-order valence-electron chi connectivity index (χ4n) is 7.01. The predicted molar refractivity (Wildman–Crippen MR) is 178 cm³/mol. The Kier molecular flexibility index (Phi) is 9.93. The number of amides is 1. The van der Waals surface area contributed by atoms with Crippen LogP contribution in [0.15, 0.2) is 97.6 Å². The second-order valence-corrected chi connectivity index (χ2v) is 12.2. The molecule has 1 aliphatic carbocycles. The van der Waals surface area contributed by atoms with E-state index >= 15 is 0 Å². The summed E-state index contributed by atoms with van der Waals surface area (Å²) < 4.78 is 25.7. The van der Waals surface area contributed by atoms with Crippen LogP contribution in [0.2, 0.25) is 0 Å². The topological polar surface area (TPSA) is 92.0 Å². The highest BCUT2D eigenvalue weighted by atomic mass is 16.7. The third-order valence-electron chi connectivity index (χ3n) is 9.12. The van der Waals surface area contributed by atoms with E-state index in [1.54, 1.807) is 6.08 Å². The number of ether oxygens (including phenoxy) is 4. The third kappa shape index (κ3) is 6.83. The Morgan fingerprint density at radius 3 is 2.07 bits per heavy atom. The van der Waals surface area contributed by atoms with E-state index in [2.05, 4.69) is 96.8 Å². The lowest BCUT2D eigenvalue weighted by atomic mass is 9.99. The minimum atomic E-state index is -0.762. The molecular weight excluding hydrogens is 564 g/mol. The molecule has 2 fully saturated rings. The quantitative estimate of drug-likeness (QED) is 0.133. The van der Waals surface area contributed by atoms with Crippen molar-refractivity contribution in [1.29, 1.82) is 0 Å². The highest BCUT2D eigenvalue weighted by Crippen LogP contribution is 2.58. The summed E-state index contributed by atoms with van der Waals surface area (Å²) in [6.45, 7) is 6.89. The first-order valence-corrected chi connectivity index (χ1v) is 16.1. The van der Waals surface area contributed by atoms with E-state index in [-0.39, 0.29) is 24.5 Å². The lowest BCUT2D eigenvalue weighted by Gasteiger charge is -2.40. The zero-order valence-corrected chi connectivity index (χ0v) is 26.0. The van der Waals surface area contributed by atoms with Crippen LogP contribution in [0, 0.1) is 5.92 Å². The summed E-state index contributed by atoms with van der Waals surface area (Å²) in [5.41, 5.74) is 8.10. The van der Waals surface area contributed by atoms with Crippen LogP contribution in [0.3, 0.4) is 0 Å². The summed E-state index contributed by atoms with van der Waals surface area (Å²) in [7, 11) is 0. The molecule has 1 saturated carbocycles. The maximum absolute atomic E-state index is 12.3. The van der Waals surface area contributed by atoms with Gasteiger partial charge in [0.2, 0.25) is 5.91 Å². The Bertz CT molecular complexity index is 1620. The van der Waals surface area contributed by atoms with E-state index in [1.165, 1.54) is 39.6 Å². The van der Waals surface area contributed by atoms with Crippen molar-refractivity contribution < 1.29 is 23.7 Å². The van der Waals surface area contributed by atoms with E-state index in [0.29, 0.717) is 19.8 Å². The zero-order valence-electron chi connectivity index (χ0n) is 26.0. The van der Waals surface area contributed by atoms with Crippen LogP contribution in [0.4, 0.5) is 0 Å². The molecule has 0 bridgehead atoms. The molecule has 1 amide bonds. The standard InChI is InChI=1S/C38H44N2O5/c1-3-20-43-37-35(40-26(2)41)34-36(42-21-8-10-27-16-18-29-12-4-6-14-31(29)23-27)38(34,33(25-39)45-37)44-22-9-11-28-17-19-30-13-5-7-15-32(30)24-28/h3-7,12-19,23-24,33-37H,1,8-11,20-22,25,39H2,2H3,(H,40,41)/t33?,34?,35?,36?,37-,38?/m0/s1. The predicted octanol–water partition coefficient (Wildman–Crippen LogP) is 5.72. The van der Waals surface area contributed by atoms with Crippen molar-refractivity contribution >= 4 is 27.5 Å². The van der Waals surface area contributed by atoms with Gasteiger partial charge in [0.1, 0.15) is 11.7 Å². The average Bonchev–Trinajstić information content (AvgIpc) is 3.72. The minimum absolute atomic E-state index is 0.153. The Morgan fingerprint density at radius 1 is 0.889 bits per heavy atom. The molecule has 236 valence electrons. The zero-order chi connectivity index (χ0) is 31.2. The first-order chi connectivity index (χ1) is 22.0. The molecule has 6 rings (SSSR count). The highest BCUT2D eigenvalue weighted by Gasteiger charge is 2.77. The van der Waals surface area contributed by atoms with Gasteiger partial charge in [-0.2, -0.15) is 0 Å². The Hall–Kier alpha value is -3.59. The molecule has 0 spiro atoms. The molecule has 0 radical (unpaired) electrons. The minimum Gasteiger partial charge on any atom is -0.375 e. The van der Waals surface area contributed by atoms with Gasteiger partial charge >= 0.3 is 0 Å². The number of fused-ring (bicyclic) bond motifs is 3. The molecule has 6 atom stereocenters. The molecule has 1 heterocycles. The molecular formula is C38H44N2O5. The van der Waals surface area contributed by atoms with E-state index in [0.717, 1.165) is 25.7 Å². The van der Waals surface area contributed by atoms with Gasteiger partial charge in [-0.15, -0.1) is 6.58 Å². The summed E-state index contributed by atoms with van der Waals surface area (Å²) in [5.74, 6) is -0.311. The molecule has 3 N–H and O–H groups in total. The second-order valence-electron chi connectivity index (χ2n) is 12.2. The monoisotopic (exact) mass is 608 g/mol. The molecule has 4 aromatic rings. The van der Waals surface area contributed by atoms with Crippen molar-refractivity contribution in [3.63, 3.8) is 0 Å². The van der Waals surface area contributed by atoms with E-state index in [4.69, 9.17) is 24.7 Å². The van der Waals surface area contributed by atoms with Crippen LogP contribution in [0.1, 0.15) is 30.9 Å². The van der Waals surface area contributed by atoms with E-state index in [9.17, 15) is 4.79 Å². The van der Waals surface area contributed by atoms with Crippen molar-refractivity contribution in [2.24, 2.45) is 11.7 Å². The third-order valence-corrected chi connectivity index (χ3v) is 9.12. The van der Waals surface area contributed by atoms with Crippen molar-refractivity contribution in [1.82, 2.24) is 5.32 Å². The van der Waals surface area contributed by atoms with Crippen molar-refractivity contribution in [2.75, 3.05) is 26.4 Å². The summed E-state index contributed by atoms with van der Waals surface area (Å²) in [4.78, 5) is 12.3. The van der Waals surface area contributed by atoms with Gasteiger partial charge in [-0.3, -0.25) is 4.79 Å². The van der Waals surface area contributed by atoms with Crippen molar-refractivity contribution in [3.05, 3.63) is 109 Å². The van der Waals surface area contributed by atoms with Gasteiger partial charge in [0, 0.05) is 32.6 Å². The summed E-state index contributed by atoms with van der Waals surface area (Å²) >= 11 is 0. The fourth-order valence-corrected chi connectivity index (χ4v) is 7.01. The van der Waals surface area contributed by atoms with Crippen LogP contribution in [-0.4, -0.2) is 62.4 Å². The fraction of sp³-hybridized carbons (Fsp3) is 0.395. The Balaban J connectivity index is 1.14. The van der Waals surface area contributed by atoms with Gasteiger partial charge in [0.15, 0.2) is 6.29 Å². The second kappa shape index (κ2) is 14.2. The maximum atomic E-state index is 12.3. The van der Waals surface area contributed by atoms with Crippen LogP contribution < -0.4 is 11.1 Å². The lowest BCUT2D eigenvalue weighted by Crippen LogP contribution is -2.58. The number of nitrogens with two attached hydrogens (primary N) is 1. The number of benzene rings is 4. The van der Waals surface area contributed by atoms with Gasteiger partial charge in [-0.25, -0.2) is 0 Å². The normalized spacial score (nSPS) is 25.6. The molecule has 7 nitrogen and oxygen atoms in total. The van der Waals surface area contributed by atoms with Gasteiger partial charge in [0.25, 0.3) is 0 Å². The Labute approximate surface area is 265 Å². The number of nitrogens with one attached hydrogen (secondary N) is 1. The SMILES string of the molecule is C=CCO[C@H]1OC(CN)C2(OCCCc3ccc4ccccc4c3)C(OCCCc3ccc4ccccc4c3)C2C1NC(C)=O. The van der Waals surface area contributed by atoms with Crippen molar-refractivity contribution in [2.45, 2.75) is 62.7 Å². The molecule has 45 heavy (non-hydrogen) atoms. The Morgan fingerprint density at radius 2 is 1.49 bits per heavy atom. The number of carbonyl (C=O) groups is 1. The first-order valence-electron chi connectivity index (χ1n) is 16.1. The molecule has 5 unspecified atom stereocenters. The first kappa shape index (κ1) is 31.4. The number of aryl methyl sites for hydroxylation is 2. The molecule has 0 aromatic heterocycles. The molecule has 1 aliphatic heterocycles. The van der Waals surface area contributed by atoms with E-state index in [1.807, 2.05) is 0 Å². The maximum Gasteiger partial charge on any atom is 0.217 e. The summed E-state index contributed by atoms with van der Waals surface area (Å²) in [6, 6.07) is 29.6. The smallest absolute Gasteiger partial charge is 0.217 e. The van der Waals surface area contributed by atoms with Crippen LogP contribution >= 0.6 is 0 Å². The van der Waals surface area contributed by atoms with Crippen molar-refractivity contribution in [3.8, 4) is 0 Å². The molecule has 1 saturated heterocycles. The summed E-state index contributed by atoms with van der Waals surface area (Å²) in [5, 5.41) is 8.03. The number of rotatable bonds is 15. The number of hydrogen-bond donors (Lipinski definition) is 2. The van der Waals surface area contributed by atoms with Gasteiger partial charge in [-0.05, 0) is 58.4 Å². The molecule has 4 aromatic carbocycles. The average molecular weight is 609 g/mol. The van der Waals surface area contributed by atoms with Gasteiger partial charge < -0.3 is 30.0 Å². The lowest BCUT2D eigenvalue weighted by molar-refractivity contribution is -0.242. The molecule has 2 aliphatic rings. The molecule has 7 heteroatoms. The number of hydrogen-bond acceptors (Lipinski definition) is 6. The largest absolute Gasteiger partial charge is 0.375 e. The van der Waals surface area contributed by atoms with Crippen LogP contribution in [0.25, 0.3) is 21.5 Å². The van der Waals surface area contributed by atoms with Gasteiger partial charge in [0.05, 0.1) is 18.8 Å². The highest BCUT2D eigenvalue weighted by molar-refractivity contribution is 5.83.